The molecule has 5 nitrogen and oxygen atoms in total. The highest BCUT2D eigenvalue weighted by Crippen LogP contribution is 2.21. The third kappa shape index (κ3) is 4.95. The lowest BCUT2D eigenvalue weighted by Gasteiger charge is -2.36. The molecule has 1 amide bonds. The van der Waals surface area contributed by atoms with E-state index in [0.717, 1.165) is 64.2 Å². The Morgan fingerprint density at radius 1 is 1.00 bits per heavy atom. The first kappa shape index (κ1) is 17.2. The number of nitrogens with zero attached hydrogens (tertiary/aromatic N) is 2. The Hall–Kier alpha value is -1.59. The van der Waals surface area contributed by atoms with Crippen LogP contribution in [0.1, 0.15) is 25.7 Å². The van der Waals surface area contributed by atoms with Crippen LogP contribution in [0, 0.1) is 0 Å². The predicted octanol–water partition coefficient (Wildman–Crippen LogP) is 2.17. The predicted molar refractivity (Wildman–Crippen MR) is 93.2 cm³/mol. The van der Waals surface area contributed by atoms with Crippen molar-refractivity contribution in [1.82, 2.24) is 9.80 Å². The smallest absolute Gasteiger partial charge is 0.222 e. The average Bonchev–Trinajstić information content (AvgIpc) is 3.05. The van der Waals surface area contributed by atoms with Gasteiger partial charge < -0.3 is 19.3 Å². The van der Waals surface area contributed by atoms with Crippen LogP contribution in [-0.2, 0) is 9.53 Å². The number of amides is 1. The SMILES string of the molecule is O=C1CCCN1C1CCN(CCOCCOc2ccccc2)CC1. The minimum Gasteiger partial charge on any atom is -0.491 e. The van der Waals surface area contributed by atoms with Gasteiger partial charge in [-0.3, -0.25) is 4.79 Å². The summed E-state index contributed by atoms with van der Waals surface area (Å²) in [6.45, 7) is 6.01. The molecule has 0 N–H and O–H groups in total. The fourth-order valence-corrected chi connectivity index (χ4v) is 3.54. The molecule has 0 aliphatic carbocycles. The molecule has 3 rings (SSSR count). The summed E-state index contributed by atoms with van der Waals surface area (Å²) in [6, 6.07) is 10.3. The van der Waals surface area contributed by atoms with Gasteiger partial charge in [-0.05, 0) is 31.4 Å². The zero-order valence-electron chi connectivity index (χ0n) is 14.4. The minimum absolute atomic E-state index is 0.357. The van der Waals surface area contributed by atoms with Crippen LogP contribution in [0.15, 0.2) is 30.3 Å². The Morgan fingerprint density at radius 2 is 1.79 bits per heavy atom. The van der Waals surface area contributed by atoms with Crippen molar-refractivity contribution in [1.29, 1.82) is 0 Å². The highest BCUT2D eigenvalue weighted by Gasteiger charge is 2.30. The van der Waals surface area contributed by atoms with E-state index in [2.05, 4.69) is 9.80 Å². The molecule has 132 valence electrons. The van der Waals surface area contributed by atoms with Crippen LogP contribution in [0.5, 0.6) is 5.75 Å². The number of carbonyl (C=O) groups is 1. The second-order valence-corrected chi connectivity index (χ2v) is 6.54. The van der Waals surface area contributed by atoms with Gasteiger partial charge in [-0.15, -0.1) is 0 Å². The van der Waals surface area contributed by atoms with E-state index in [0.29, 0.717) is 25.2 Å². The van der Waals surface area contributed by atoms with Gasteiger partial charge >= 0.3 is 0 Å². The van der Waals surface area contributed by atoms with Gasteiger partial charge in [0.2, 0.25) is 5.91 Å². The Balaban J connectivity index is 1.23. The number of carbonyl (C=O) groups excluding carboxylic acids is 1. The number of benzene rings is 1. The van der Waals surface area contributed by atoms with E-state index >= 15 is 0 Å². The van der Waals surface area contributed by atoms with Crippen LogP contribution in [0.3, 0.4) is 0 Å². The number of hydrogen-bond acceptors (Lipinski definition) is 4. The van der Waals surface area contributed by atoms with E-state index in [4.69, 9.17) is 9.47 Å². The molecule has 0 bridgehead atoms. The highest BCUT2D eigenvalue weighted by molar-refractivity contribution is 5.78. The lowest BCUT2D eigenvalue weighted by atomic mass is 10.0. The van der Waals surface area contributed by atoms with Gasteiger partial charge in [0.15, 0.2) is 0 Å². The first-order valence-corrected chi connectivity index (χ1v) is 9.10. The molecule has 5 heteroatoms. The number of hydrogen-bond donors (Lipinski definition) is 0. The molecule has 24 heavy (non-hydrogen) atoms. The molecule has 0 aromatic heterocycles. The van der Waals surface area contributed by atoms with Crippen molar-refractivity contribution in [2.45, 2.75) is 31.7 Å². The van der Waals surface area contributed by atoms with Crippen LogP contribution in [0.4, 0.5) is 0 Å². The van der Waals surface area contributed by atoms with Crippen molar-refractivity contribution < 1.29 is 14.3 Å². The number of rotatable bonds is 8. The maximum Gasteiger partial charge on any atom is 0.222 e. The summed E-state index contributed by atoms with van der Waals surface area (Å²) < 4.78 is 11.3. The molecule has 2 saturated heterocycles. The summed E-state index contributed by atoms with van der Waals surface area (Å²) >= 11 is 0. The van der Waals surface area contributed by atoms with Gasteiger partial charge in [0.1, 0.15) is 12.4 Å². The highest BCUT2D eigenvalue weighted by atomic mass is 16.5. The molecule has 0 radical (unpaired) electrons. The molecule has 2 aliphatic rings. The fraction of sp³-hybridized carbons (Fsp3) is 0.632. The van der Waals surface area contributed by atoms with Gasteiger partial charge in [-0.25, -0.2) is 0 Å². The summed E-state index contributed by atoms with van der Waals surface area (Å²) in [7, 11) is 0. The average molecular weight is 332 g/mol. The van der Waals surface area contributed by atoms with Gasteiger partial charge in [-0.2, -0.15) is 0 Å². The first-order chi connectivity index (χ1) is 11.8. The van der Waals surface area contributed by atoms with Gasteiger partial charge in [0, 0.05) is 38.6 Å². The molecule has 2 fully saturated rings. The molecule has 2 heterocycles. The van der Waals surface area contributed by atoms with Crippen molar-refractivity contribution in [3.05, 3.63) is 30.3 Å². The Labute approximate surface area is 144 Å². The summed E-state index contributed by atoms with van der Waals surface area (Å²) in [4.78, 5) is 16.4. The fourth-order valence-electron chi connectivity index (χ4n) is 3.54. The molecule has 1 aromatic carbocycles. The third-order valence-corrected chi connectivity index (χ3v) is 4.90. The molecule has 0 spiro atoms. The number of likely N-dealkylation sites (tertiary alicyclic amines) is 2. The van der Waals surface area contributed by atoms with Crippen LogP contribution in [0.25, 0.3) is 0 Å². The molecule has 0 unspecified atom stereocenters. The lowest BCUT2D eigenvalue weighted by Crippen LogP contribution is -2.46. The van der Waals surface area contributed by atoms with E-state index in [9.17, 15) is 4.79 Å². The summed E-state index contributed by atoms with van der Waals surface area (Å²) in [5.74, 6) is 1.25. The van der Waals surface area contributed by atoms with Crippen molar-refractivity contribution in [3.8, 4) is 5.75 Å². The standard InChI is InChI=1S/C19H28N2O3/c22-19-7-4-10-21(19)17-8-11-20(12-9-17)13-14-23-15-16-24-18-5-2-1-3-6-18/h1-3,5-6,17H,4,7-16H2. The maximum absolute atomic E-state index is 11.8. The largest absolute Gasteiger partial charge is 0.491 e. The quantitative estimate of drug-likeness (QED) is 0.684. The summed E-state index contributed by atoms with van der Waals surface area (Å²) in [5.41, 5.74) is 0. The van der Waals surface area contributed by atoms with Crippen molar-refractivity contribution in [2.75, 3.05) is 46.0 Å². The van der Waals surface area contributed by atoms with Gasteiger partial charge in [0.25, 0.3) is 0 Å². The van der Waals surface area contributed by atoms with Crippen LogP contribution < -0.4 is 4.74 Å². The molecule has 0 saturated carbocycles. The Bertz CT molecular complexity index is 501. The second kappa shape index (κ2) is 9.04. The van der Waals surface area contributed by atoms with E-state index in [1.54, 1.807) is 0 Å². The van der Waals surface area contributed by atoms with Crippen molar-refractivity contribution >= 4 is 5.91 Å². The first-order valence-electron chi connectivity index (χ1n) is 9.10. The summed E-state index contributed by atoms with van der Waals surface area (Å²) in [5, 5.41) is 0. The monoisotopic (exact) mass is 332 g/mol. The molecular formula is C19H28N2O3. The number of piperidine rings is 1. The normalized spacial score (nSPS) is 19.8. The van der Waals surface area contributed by atoms with Crippen LogP contribution in [0.2, 0.25) is 0 Å². The van der Waals surface area contributed by atoms with E-state index in [1.807, 2.05) is 30.3 Å². The minimum atomic E-state index is 0.357. The molecular weight excluding hydrogens is 304 g/mol. The van der Waals surface area contributed by atoms with Crippen molar-refractivity contribution in [2.24, 2.45) is 0 Å². The lowest BCUT2D eigenvalue weighted by molar-refractivity contribution is -0.130. The molecule has 0 atom stereocenters. The van der Waals surface area contributed by atoms with Gasteiger partial charge in [0.05, 0.1) is 13.2 Å². The number of ether oxygens (including phenoxy) is 2. The molecule has 1 aromatic rings. The van der Waals surface area contributed by atoms with Crippen LogP contribution >= 0.6 is 0 Å². The third-order valence-electron chi connectivity index (χ3n) is 4.90. The summed E-state index contributed by atoms with van der Waals surface area (Å²) in [6.07, 6.45) is 3.99. The number of para-hydroxylation sites is 1. The van der Waals surface area contributed by atoms with Gasteiger partial charge in [-0.1, -0.05) is 18.2 Å². The zero-order chi connectivity index (χ0) is 16.6. The van der Waals surface area contributed by atoms with E-state index in [-0.39, 0.29) is 0 Å². The van der Waals surface area contributed by atoms with E-state index in [1.165, 1.54) is 0 Å². The zero-order valence-corrected chi connectivity index (χ0v) is 14.4. The Morgan fingerprint density at radius 3 is 2.50 bits per heavy atom. The Kier molecular flexibility index (Phi) is 6.49. The van der Waals surface area contributed by atoms with Crippen molar-refractivity contribution in [3.63, 3.8) is 0 Å². The second-order valence-electron chi connectivity index (χ2n) is 6.54. The van der Waals surface area contributed by atoms with E-state index < -0.39 is 0 Å². The molecule has 2 aliphatic heterocycles. The van der Waals surface area contributed by atoms with Crippen LogP contribution in [-0.4, -0.2) is 67.7 Å². The topological polar surface area (TPSA) is 42.0 Å². The maximum atomic E-state index is 11.8.